The fourth-order valence-corrected chi connectivity index (χ4v) is 1.72. The van der Waals surface area contributed by atoms with Gasteiger partial charge in [-0.05, 0) is 32.9 Å². The molecule has 1 rings (SSSR count). The highest BCUT2D eigenvalue weighted by Crippen LogP contribution is 2.04. The van der Waals surface area contributed by atoms with E-state index < -0.39 is 5.60 Å². The van der Waals surface area contributed by atoms with Crippen LogP contribution in [0.3, 0.4) is 0 Å². The van der Waals surface area contributed by atoms with Crippen LogP contribution in [-0.2, 0) is 6.54 Å². The quantitative estimate of drug-likeness (QED) is 0.802. The first kappa shape index (κ1) is 14.6. The van der Waals surface area contributed by atoms with Crippen molar-refractivity contribution in [1.29, 1.82) is 0 Å². The monoisotopic (exact) mass is 253 g/mol. The highest BCUT2D eigenvalue weighted by molar-refractivity contribution is 5.74. The summed E-state index contributed by atoms with van der Waals surface area (Å²) in [6.07, 6.45) is 3.92. The zero-order valence-electron chi connectivity index (χ0n) is 11.4. The molecule has 0 bridgehead atoms. The predicted octanol–water partition coefficient (Wildman–Crippen LogP) is 1.29. The summed E-state index contributed by atoms with van der Waals surface area (Å²) in [6.45, 7) is 7.54. The lowest BCUT2D eigenvalue weighted by molar-refractivity contribution is 0.0480. The molecule has 0 saturated heterocycles. The minimum atomic E-state index is -0.867. The lowest BCUT2D eigenvalue weighted by Gasteiger charge is -2.28. The smallest absolute Gasteiger partial charge is 0.317 e. The molecule has 2 amide bonds. The number of aromatic nitrogens is 1. The Kier molecular flexibility index (Phi) is 5.22. The molecular weight excluding hydrogens is 230 g/mol. The van der Waals surface area contributed by atoms with Crippen molar-refractivity contribution in [2.75, 3.05) is 19.6 Å². The van der Waals surface area contributed by atoms with Gasteiger partial charge in [-0.25, -0.2) is 4.79 Å². The summed E-state index contributed by atoms with van der Waals surface area (Å²) in [7, 11) is 0. The SMILES string of the molecule is CCN(CC(C)(C)O)C(=O)NCCn1cccc1. The molecule has 0 aliphatic rings. The number of carbonyl (C=O) groups excluding carboxylic acids is 1. The van der Waals surface area contributed by atoms with E-state index in [2.05, 4.69) is 5.32 Å². The maximum atomic E-state index is 11.9. The van der Waals surface area contributed by atoms with Crippen LogP contribution in [0, 0.1) is 0 Å². The van der Waals surface area contributed by atoms with Crippen LogP contribution in [0.15, 0.2) is 24.5 Å². The highest BCUT2D eigenvalue weighted by atomic mass is 16.3. The van der Waals surface area contributed by atoms with Gasteiger partial charge in [-0.3, -0.25) is 0 Å². The van der Waals surface area contributed by atoms with E-state index in [1.54, 1.807) is 18.7 Å². The topological polar surface area (TPSA) is 57.5 Å². The van der Waals surface area contributed by atoms with Crippen LogP contribution >= 0.6 is 0 Å². The Labute approximate surface area is 108 Å². The van der Waals surface area contributed by atoms with E-state index in [0.717, 1.165) is 6.54 Å². The van der Waals surface area contributed by atoms with Crippen LogP contribution < -0.4 is 5.32 Å². The van der Waals surface area contributed by atoms with Crippen molar-refractivity contribution in [1.82, 2.24) is 14.8 Å². The number of aliphatic hydroxyl groups is 1. The molecule has 0 aliphatic heterocycles. The van der Waals surface area contributed by atoms with Crippen LogP contribution in [-0.4, -0.2) is 45.8 Å². The second kappa shape index (κ2) is 6.44. The number of amides is 2. The number of likely N-dealkylation sites (N-methyl/N-ethyl adjacent to an activating group) is 1. The molecule has 0 atom stereocenters. The van der Waals surface area contributed by atoms with Crippen LogP contribution in [0.2, 0.25) is 0 Å². The van der Waals surface area contributed by atoms with Gasteiger partial charge in [-0.15, -0.1) is 0 Å². The van der Waals surface area contributed by atoms with Crippen LogP contribution in [0.4, 0.5) is 4.79 Å². The average molecular weight is 253 g/mol. The Morgan fingerprint density at radius 3 is 2.50 bits per heavy atom. The molecule has 5 nitrogen and oxygen atoms in total. The molecule has 0 unspecified atom stereocenters. The highest BCUT2D eigenvalue weighted by Gasteiger charge is 2.20. The summed E-state index contributed by atoms with van der Waals surface area (Å²) in [4.78, 5) is 13.5. The minimum absolute atomic E-state index is 0.133. The molecule has 2 N–H and O–H groups in total. The summed E-state index contributed by atoms with van der Waals surface area (Å²) in [5.41, 5.74) is -0.867. The summed E-state index contributed by atoms with van der Waals surface area (Å²) in [6, 6.07) is 3.77. The van der Waals surface area contributed by atoms with Gasteiger partial charge in [0.05, 0.1) is 12.1 Å². The van der Waals surface area contributed by atoms with E-state index in [-0.39, 0.29) is 6.03 Å². The first-order valence-corrected chi connectivity index (χ1v) is 6.28. The fourth-order valence-electron chi connectivity index (χ4n) is 1.72. The lowest BCUT2D eigenvalue weighted by atomic mass is 10.1. The summed E-state index contributed by atoms with van der Waals surface area (Å²) in [5.74, 6) is 0. The van der Waals surface area contributed by atoms with Crippen molar-refractivity contribution < 1.29 is 9.90 Å². The van der Waals surface area contributed by atoms with E-state index in [9.17, 15) is 9.90 Å². The van der Waals surface area contributed by atoms with E-state index in [4.69, 9.17) is 0 Å². The second-order valence-corrected chi connectivity index (χ2v) is 4.98. The molecule has 1 aromatic heterocycles. The molecule has 0 saturated carbocycles. The third kappa shape index (κ3) is 5.23. The van der Waals surface area contributed by atoms with E-state index in [1.807, 2.05) is 36.0 Å². The zero-order valence-corrected chi connectivity index (χ0v) is 11.4. The standard InChI is InChI=1S/C13H23N3O2/c1-4-16(11-13(2,3)18)12(17)14-7-10-15-8-5-6-9-15/h5-6,8-9,18H,4,7,10-11H2,1-3H3,(H,14,17). The Morgan fingerprint density at radius 1 is 1.39 bits per heavy atom. The summed E-state index contributed by atoms with van der Waals surface area (Å²) < 4.78 is 2.01. The van der Waals surface area contributed by atoms with Crippen molar-refractivity contribution in [2.24, 2.45) is 0 Å². The molecule has 102 valence electrons. The molecule has 0 fully saturated rings. The normalized spacial score (nSPS) is 11.3. The Bertz CT molecular complexity index is 355. The van der Waals surface area contributed by atoms with Gasteiger partial charge in [-0.2, -0.15) is 0 Å². The Balaban J connectivity index is 2.33. The third-order valence-electron chi connectivity index (χ3n) is 2.56. The number of nitrogens with one attached hydrogen (secondary N) is 1. The summed E-state index contributed by atoms with van der Waals surface area (Å²) >= 11 is 0. The molecule has 0 aliphatic carbocycles. The maximum Gasteiger partial charge on any atom is 0.317 e. The van der Waals surface area contributed by atoms with Crippen LogP contribution in [0.1, 0.15) is 20.8 Å². The number of carbonyl (C=O) groups is 1. The summed E-state index contributed by atoms with van der Waals surface area (Å²) in [5, 5.41) is 12.6. The van der Waals surface area contributed by atoms with E-state index in [1.165, 1.54) is 0 Å². The van der Waals surface area contributed by atoms with Gasteiger partial charge in [0.25, 0.3) is 0 Å². The fraction of sp³-hybridized carbons (Fsp3) is 0.615. The van der Waals surface area contributed by atoms with Crippen LogP contribution in [0.5, 0.6) is 0 Å². The Hall–Kier alpha value is -1.49. The van der Waals surface area contributed by atoms with Crippen LogP contribution in [0.25, 0.3) is 0 Å². The number of nitrogens with zero attached hydrogens (tertiary/aromatic N) is 2. The lowest BCUT2D eigenvalue weighted by Crippen LogP contribution is -2.47. The van der Waals surface area contributed by atoms with Crippen molar-refractivity contribution in [3.05, 3.63) is 24.5 Å². The minimum Gasteiger partial charge on any atom is -0.389 e. The molecule has 0 spiro atoms. The Morgan fingerprint density at radius 2 is 2.00 bits per heavy atom. The molecular formula is C13H23N3O2. The number of hydrogen-bond donors (Lipinski definition) is 2. The first-order valence-electron chi connectivity index (χ1n) is 6.28. The molecule has 18 heavy (non-hydrogen) atoms. The van der Waals surface area contributed by atoms with Crippen molar-refractivity contribution >= 4 is 6.03 Å². The zero-order chi connectivity index (χ0) is 13.6. The molecule has 0 radical (unpaired) electrons. The van der Waals surface area contributed by atoms with Gasteiger partial charge in [0.2, 0.25) is 0 Å². The van der Waals surface area contributed by atoms with E-state index in [0.29, 0.717) is 19.6 Å². The van der Waals surface area contributed by atoms with Crippen molar-refractivity contribution in [3.8, 4) is 0 Å². The number of hydrogen-bond acceptors (Lipinski definition) is 2. The molecule has 0 aromatic carbocycles. The van der Waals surface area contributed by atoms with Gasteiger partial charge in [0.1, 0.15) is 0 Å². The van der Waals surface area contributed by atoms with Gasteiger partial charge < -0.3 is 19.9 Å². The number of rotatable bonds is 6. The molecule has 5 heteroatoms. The molecule has 1 heterocycles. The second-order valence-electron chi connectivity index (χ2n) is 4.98. The van der Waals surface area contributed by atoms with Gasteiger partial charge in [-0.1, -0.05) is 0 Å². The van der Waals surface area contributed by atoms with Crippen molar-refractivity contribution in [3.63, 3.8) is 0 Å². The predicted molar refractivity (Wildman–Crippen MR) is 71.4 cm³/mol. The largest absolute Gasteiger partial charge is 0.389 e. The molecule has 1 aromatic rings. The van der Waals surface area contributed by atoms with Crippen molar-refractivity contribution in [2.45, 2.75) is 32.9 Å². The van der Waals surface area contributed by atoms with Gasteiger partial charge in [0.15, 0.2) is 0 Å². The van der Waals surface area contributed by atoms with Gasteiger partial charge in [0, 0.05) is 32.0 Å². The van der Waals surface area contributed by atoms with E-state index >= 15 is 0 Å². The number of urea groups is 1. The first-order chi connectivity index (χ1) is 8.42. The average Bonchev–Trinajstić information content (AvgIpc) is 2.77. The maximum absolute atomic E-state index is 11.9. The third-order valence-corrected chi connectivity index (χ3v) is 2.56. The van der Waals surface area contributed by atoms with Gasteiger partial charge >= 0.3 is 6.03 Å².